The predicted octanol–water partition coefficient (Wildman–Crippen LogP) is 2.96. The van der Waals surface area contributed by atoms with E-state index in [1.165, 1.54) is 43.5 Å². The summed E-state index contributed by atoms with van der Waals surface area (Å²) in [6.07, 6.45) is 3.45. The SMILES string of the molecule is CCC1CCCCN1S(=O)(=O)c1ccc(NC(=O)CCNS(=O)(=O)c2ccc(OC)cc2)cc1. The van der Waals surface area contributed by atoms with Crippen LogP contribution in [0.2, 0.25) is 0 Å². The van der Waals surface area contributed by atoms with Crippen molar-refractivity contribution in [2.75, 3.05) is 25.5 Å². The number of benzene rings is 2. The quantitative estimate of drug-likeness (QED) is 0.508. The number of carbonyl (C=O) groups excluding carboxylic acids is 1. The zero-order chi connectivity index (χ0) is 24.8. The van der Waals surface area contributed by atoms with Gasteiger partial charge in [-0.3, -0.25) is 4.79 Å². The number of carbonyl (C=O) groups is 1. The zero-order valence-corrected chi connectivity index (χ0v) is 21.0. The minimum atomic E-state index is -3.75. The van der Waals surface area contributed by atoms with Crippen molar-refractivity contribution in [3.63, 3.8) is 0 Å². The number of methoxy groups -OCH3 is 1. The van der Waals surface area contributed by atoms with E-state index < -0.39 is 26.0 Å². The van der Waals surface area contributed by atoms with Crippen molar-refractivity contribution >= 4 is 31.6 Å². The first-order chi connectivity index (χ1) is 16.2. The highest BCUT2D eigenvalue weighted by molar-refractivity contribution is 7.89. The van der Waals surface area contributed by atoms with Gasteiger partial charge in [0.25, 0.3) is 0 Å². The summed E-state index contributed by atoms with van der Waals surface area (Å²) in [5.41, 5.74) is 0.438. The van der Waals surface area contributed by atoms with Gasteiger partial charge in [-0.25, -0.2) is 21.6 Å². The van der Waals surface area contributed by atoms with Crippen LogP contribution in [0.1, 0.15) is 39.0 Å². The molecule has 0 aliphatic carbocycles. The van der Waals surface area contributed by atoms with E-state index in [0.717, 1.165) is 25.7 Å². The maximum absolute atomic E-state index is 13.0. The number of sulfonamides is 2. The van der Waals surface area contributed by atoms with E-state index >= 15 is 0 Å². The Bertz CT molecular complexity index is 1180. The summed E-state index contributed by atoms with van der Waals surface area (Å²) in [6, 6.07) is 12.0. The maximum Gasteiger partial charge on any atom is 0.243 e. The number of ether oxygens (including phenoxy) is 1. The molecule has 186 valence electrons. The fourth-order valence-electron chi connectivity index (χ4n) is 3.90. The summed E-state index contributed by atoms with van der Waals surface area (Å²) < 4.78 is 59.7. The molecular formula is C23H31N3O6S2. The highest BCUT2D eigenvalue weighted by Gasteiger charge is 2.32. The molecule has 3 rings (SSSR count). The summed E-state index contributed by atoms with van der Waals surface area (Å²) in [5, 5.41) is 2.66. The molecule has 2 aromatic rings. The number of hydrogen-bond acceptors (Lipinski definition) is 6. The normalized spacial score (nSPS) is 17.3. The number of piperidine rings is 1. The van der Waals surface area contributed by atoms with E-state index in [1.807, 2.05) is 6.92 Å². The standard InChI is InChI=1S/C23H31N3O6S2/c1-3-19-6-4-5-17-26(19)34(30,31)22-11-7-18(8-12-22)25-23(27)15-16-24-33(28,29)21-13-9-20(32-2)10-14-21/h7-14,19,24H,3-6,15-17H2,1-2H3,(H,25,27). The van der Waals surface area contributed by atoms with Gasteiger partial charge in [0.2, 0.25) is 26.0 Å². The molecule has 1 atom stereocenters. The largest absolute Gasteiger partial charge is 0.497 e. The Morgan fingerprint density at radius 1 is 1.00 bits per heavy atom. The van der Waals surface area contributed by atoms with Gasteiger partial charge in [-0.05, 0) is 67.8 Å². The van der Waals surface area contributed by atoms with Gasteiger partial charge in [-0.15, -0.1) is 0 Å². The molecule has 1 heterocycles. The lowest BCUT2D eigenvalue weighted by atomic mass is 10.0. The number of hydrogen-bond donors (Lipinski definition) is 2. The highest BCUT2D eigenvalue weighted by Crippen LogP contribution is 2.27. The second-order valence-electron chi connectivity index (χ2n) is 8.07. The Kier molecular flexibility index (Phi) is 8.69. The summed E-state index contributed by atoms with van der Waals surface area (Å²) >= 11 is 0. The predicted molar refractivity (Wildman–Crippen MR) is 130 cm³/mol. The third-order valence-corrected chi connectivity index (χ3v) is 9.25. The van der Waals surface area contributed by atoms with Crippen LogP contribution in [-0.2, 0) is 24.8 Å². The number of nitrogens with one attached hydrogen (secondary N) is 2. The van der Waals surface area contributed by atoms with Crippen LogP contribution in [0.5, 0.6) is 5.75 Å². The second-order valence-corrected chi connectivity index (χ2v) is 11.7. The summed E-state index contributed by atoms with van der Waals surface area (Å²) in [4.78, 5) is 12.5. The van der Waals surface area contributed by atoms with Gasteiger partial charge < -0.3 is 10.1 Å². The third-order valence-electron chi connectivity index (χ3n) is 5.80. The Balaban J connectivity index is 1.54. The van der Waals surface area contributed by atoms with Crippen LogP contribution in [0, 0.1) is 0 Å². The van der Waals surface area contributed by atoms with E-state index in [-0.39, 0.29) is 28.8 Å². The lowest BCUT2D eigenvalue weighted by Crippen LogP contribution is -2.43. The van der Waals surface area contributed by atoms with Crippen molar-refractivity contribution < 1.29 is 26.4 Å². The molecule has 0 bridgehead atoms. The minimum Gasteiger partial charge on any atom is -0.497 e. The van der Waals surface area contributed by atoms with Gasteiger partial charge in [-0.2, -0.15) is 4.31 Å². The first-order valence-electron chi connectivity index (χ1n) is 11.2. The molecule has 2 N–H and O–H groups in total. The number of amides is 1. The average molecular weight is 510 g/mol. The average Bonchev–Trinajstić information content (AvgIpc) is 2.84. The van der Waals surface area contributed by atoms with Gasteiger partial charge >= 0.3 is 0 Å². The van der Waals surface area contributed by atoms with Crippen LogP contribution in [0.3, 0.4) is 0 Å². The topological polar surface area (TPSA) is 122 Å². The molecule has 9 nitrogen and oxygen atoms in total. The molecule has 11 heteroatoms. The molecule has 1 aliphatic heterocycles. The Labute approximate surface area is 201 Å². The van der Waals surface area contributed by atoms with Crippen LogP contribution in [0.4, 0.5) is 5.69 Å². The molecule has 1 amide bonds. The van der Waals surface area contributed by atoms with E-state index in [0.29, 0.717) is 18.0 Å². The van der Waals surface area contributed by atoms with Crippen molar-refractivity contribution in [3.8, 4) is 5.75 Å². The van der Waals surface area contributed by atoms with E-state index in [1.54, 1.807) is 16.4 Å². The molecule has 0 radical (unpaired) electrons. The van der Waals surface area contributed by atoms with Gasteiger partial charge in [0.15, 0.2) is 0 Å². The van der Waals surface area contributed by atoms with Crippen LogP contribution < -0.4 is 14.8 Å². The molecule has 2 aromatic carbocycles. The van der Waals surface area contributed by atoms with Crippen molar-refractivity contribution in [1.82, 2.24) is 9.03 Å². The molecule has 0 spiro atoms. The van der Waals surface area contributed by atoms with E-state index in [4.69, 9.17) is 4.74 Å². The fourth-order valence-corrected chi connectivity index (χ4v) is 6.70. The molecule has 0 aromatic heterocycles. The summed E-state index contributed by atoms with van der Waals surface area (Å²) in [6.45, 7) is 2.43. The lowest BCUT2D eigenvalue weighted by Gasteiger charge is -2.34. The van der Waals surface area contributed by atoms with Gasteiger partial charge in [-0.1, -0.05) is 13.3 Å². The van der Waals surface area contributed by atoms with Crippen molar-refractivity contribution in [1.29, 1.82) is 0 Å². The second kappa shape index (κ2) is 11.3. The van der Waals surface area contributed by atoms with E-state index in [9.17, 15) is 21.6 Å². The first-order valence-corrected chi connectivity index (χ1v) is 14.1. The summed E-state index contributed by atoms with van der Waals surface area (Å²) in [7, 11) is -5.85. The van der Waals surface area contributed by atoms with Crippen LogP contribution in [0.15, 0.2) is 58.3 Å². The van der Waals surface area contributed by atoms with Gasteiger partial charge in [0.1, 0.15) is 5.75 Å². The van der Waals surface area contributed by atoms with Gasteiger partial charge in [0, 0.05) is 31.2 Å². The molecule has 1 unspecified atom stereocenters. The number of rotatable bonds is 10. The zero-order valence-electron chi connectivity index (χ0n) is 19.4. The van der Waals surface area contributed by atoms with Crippen molar-refractivity contribution in [2.24, 2.45) is 0 Å². The van der Waals surface area contributed by atoms with E-state index in [2.05, 4.69) is 10.0 Å². The Morgan fingerprint density at radius 3 is 2.26 bits per heavy atom. The smallest absolute Gasteiger partial charge is 0.243 e. The fraction of sp³-hybridized carbons (Fsp3) is 0.435. The first kappa shape index (κ1) is 26.1. The number of nitrogens with zero attached hydrogens (tertiary/aromatic N) is 1. The molecular weight excluding hydrogens is 478 g/mol. The molecule has 1 aliphatic rings. The van der Waals surface area contributed by atoms with Crippen molar-refractivity contribution in [2.45, 2.75) is 54.9 Å². The minimum absolute atomic E-state index is 0.0137. The molecule has 1 saturated heterocycles. The Morgan fingerprint density at radius 2 is 1.65 bits per heavy atom. The lowest BCUT2D eigenvalue weighted by molar-refractivity contribution is -0.116. The van der Waals surface area contributed by atoms with Gasteiger partial charge in [0.05, 0.1) is 16.9 Å². The maximum atomic E-state index is 13.0. The summed E-state index contributed by atoms with van der Waals surface area (Å²) in [5.74, 6) is 0.147. The van der Waals surface area contributed by atoms with Crippen LogP contribution in [0.25, 0.3) is 0 Å². The van der Waals surface area contributed by atoms with Crippen molar-refractivity contribution in [3.05, 3.63) is 48.5 Å². The highest BCUT2D eigenvalue weighted by atomic mass is 32.2. The van der Waals surface area contributed by atoms with Crippen LogP contribution in [-0.4, -0.2) is 53.3 Å². The molecule has 34 heavy (non-hydrogen) atoms. The Hall–Kier alpha value is -2.47. The molecule has 0 saturated carbocycles. The molecule has 1 fully saturated rings. The third kappa shape index (κ3) is 6.35. The monoisotopic (exact) mass is 509 g/mol. The number of anilines is 1. The van der Waals surface area contributed by atoms with Crippen LogP contribution >= 0.6 is 0 Å².